The summed E-state index contributed by atoms with van der Waals surface area (Å²) in [7, 11) is 0. The van der Waals surface area contributed by atoms with Gasteiger partial charge in [0.2, 0.25) is 5.88 Å². The lowest BCUT2D eigenvalue weighted by Gasteiger charge is -2.10. The van der Waals surface area contributed by atoms with E-state index in [-0.39, 0.29) is 6.03 Å². The minimum atomic E-state index is -0.222. The number of urea groups is 1. The van der Waals surface area contributed by atoms with Crippen LogP contribution < -0.4 is 15.4 Å². The van der Waals surface area contributed by atoms with E-state index < -0.39 is 0 Å². The third kappa shape index (κ3) is 6.04. The zero-order chi connectivity index (χ0) is 18.0. The average molecular weight is 355 g/mol. The molecule has 26 heavy (non-hydrogen) atoms. The highest BCUT2D eigenvalue weighted by atomic mass is 16.5. The van der Waals surface area contributed by atoms with Crippen molar-refractivity contribution in [3.05, 3.63) is 48.7 Å². The Morgan fingerprint density at radius 2 is 2.08 bits per heavy atom. The molecule has 2 N–H and O–H groups in total. The van der Waals surface area contributed by atoms with Crippen molar-refractivity contribution >= 4 is 11.7 Å². The minimum Gasteiger partial charge on any atom is -0.439 e. The van der Waals surface area contributed by atoms with Gasteiger partial charge in [0.15, 0.2) is 0 Å². The fourth-order valence-corrected chi connectivity index (χ4v) is 2.87. The van der Waals surface area contributed by atoms with E-state index in [9.17, 15) is 4.79 Å². The van der Waals surface area contributed by atoms with Crippen molar-refractivity contribution < 1.29 is 14.3 Å². The highest BCUT2D eigenvalue weighted by molar-refractivity contribution is 5.88. The number of amides is 2. The first-order valence-corrected chi connectivity index (χ1v) is 9.15. The van der Waals surface area contributed by atoms with Crippen molar-refractivity contribution in [3.8, 4) is 11.6 Å². The molecule has 0 saturated carbocycles. The first-order chi connectivity index (χ1) is 12.8. The molecule has 1 aliphatic heterocycles. The number of para-hydroxylation sites is 1. The number of nitrogens with one attached hydrogen (secondary N) is 2. The maximum atomic E-state index is 11.9. The van der Waals surface area contributed by atoms with Gasteiger partial charge in [-0.1, -0.05) is 18.2 Å². The predicted molar refractivity (Wildman–Crippen MR) is 101 cm³/mol. The van der Waals surface area contributed by atoms with E-state index in [0.29, 0.717) is 24.2 Å². The summed E-state index contributed by atoms with van der Waals surface area (Å²) in [6, 6.07) is 12.7. The molecule has 2 heterocycles. The number of pyridine rings is 1. The van der Waals surface area contributed by atoms with Crippen molar-refractivity contribution in [2.24, 2.45) is 0 Å². The molecule has 3 rings (SSSR count). The van der Waals surface area contributed by atoms with Crippen molar-refractivity contribution in [1.29, 1.82) is 0 Å². The lowest BCUT2D eigenvalue weighted by Crippen LogP contribution is -2.29. The van der Waals surface area contributed by atoms with Crippen molar-refractivity contribution in [1.82, 2.24) is 10.3 Å². The topological polar surface area (TPSA) is 72.5 Å². The molecule has 1 aliphatic rings. The monoisotopic (exact) mass is 355 g/mol. The molecule has 1 atom stereocenters. The largest absolute Gasteiger partial charge is 0.439 e. The van der Waals surface area contributed by atoms with Crippen LogP contribution in [0.15, 0.2) is 48.7 Å². The maximum Gasteiger partial charge on any atom is 0.319 e. The molecule has 6 nitrogen and oxygen atoms in total. The van der Waals surface area contributed by atoms with Crippen LogP contribution in [0.5, 0.6) is 11.6 Å². The molecule has 2 aromatic rings. The van der Waals surface area contributed by atoms with Gasteiger partial charge < -0.3 is 20.1 Å². The predicted octanol–water partition coefficient (Wildman–Crippen LogP) is 4.34. The Balaban J connectivity index is 1.33. The van der Waals surface area contributed by atoms with Gasteiger partial charge in [0.05, 0.1) is 18.0 Å². The Bertz CT molecular complexity index is 670. The summed E-state index contributed by atoms with van der Waals surface area (Å²) in [5.41, 5.74) is 0.627. The van der Waals surface area contributed by atoms with Gasteiger partial charge in [-0.25, -0.2) is 9.78 Å². The van der Waals surface area contributed by atoms with Crippen LogP contribution in [0.4, 0.5) is 10.5 Å². The van der Waals surface area contributed by atoms with Crippen molar-refractivity contribution in [3.63, 3.8) is 0 Å². The molecule has 0 spiro atoms. The van der Waals surface area contributed by atoms with E-state index in [1.165, 1.54) is 12.8 Å². The van der Waals surface area contributed by atoms with Crippen molar-refractivity contribution in [2.75, 3.05) is 18.5 Å². The summed E-state index contributed by atoms with van der Waals surface area (Å²) in [4.78, 5) is 16.1. The SMILES string of the molecule is O=C(NCCCC[C@@H]1CCCO1)Nc1ccc(Oc2ccccc2)nc1. The quantitative estimate of drug-likeness (QED) is 0.691. The summed E-state index contributed by atoms with van der Waals surface area (Å²) >= 11 is 0. The van der Waals surface area contributed by atoms with Crippen LogP contribution in [0.1, 0.15) is 32.1 Å². The lowest BCUT2D eigenvalue weighted by molar-refractivity contribution is 0.102. The number of hydrogen-bond acceptors (Lipinski definition) is 4. The second-order valence-corrected chi connectivity index (χ2v) is 6.31. The van der Waals surface area contributed by atoms with Gasteiger partial charge in [-0.3, -0.25) is 0 Å². The highest BCUT2D eigenvalue weighted by Crippen LogP contribution is 2.20. The lowest BCUT2D eigenvalue weighted by atomic mass is 10.1. The average Bonchev–Trinajstić information content (AvgIpc) is 3.17. The highest BCUT2D eigenvalue weighted by Gasteiger charge is 2.14. The third-order valence-corrected chi connectivity index (χ3v) is 4.22. The van der Waals surface area contributed by atoms with Crippen LogP contribution in [0.25, 0.3) is 0 Å². The molecule has 0 unspecified atom stereocenters. The molecule has 138 valence electrons. The van der Waals surface area contributed by atoms with Crippen LogP contribution in [-0.2, 0) is 4.74 Å². The van der Waals surface area contributed by atoms with Crippen molar-refractivity contribution in [2.45, 2.75) is 38.2 Å². The number of hydrogen-bond donors (Lipinski definition) is 2. The van der Waals surface area contributed by atoms with E-state index in [2.05, 4.69) is 15.6 Å². The van der Waals surface area contributed by atoms with Crippen LogP contribution in [0, 0.1) is 0 Å². The Morgan fingerprint density at radius 3 is 2.81 bits per heavy atom. The first kappa shape index (κ1) is 18.2. The Kier molecular flexibility index (Phi) is 6.84. The molecular formula is C20H25N3O3. The van der Waals surface area contributed by atoms with Gasteiger partial charge >= 0.3 is 6.03 Å². The van der Waals surface area contributed by atoms with Crippen LogP contribution >= 0.6 is 0 Å². The van der Waals surface area contributed by atoms with E-state index in [4.69, 9.17) is 9.47 Å². The minimum absolute atomic E-state index is 0.222. The Labute approximate surface area is 153 Å². The third-order valence-electron chi connectivity index (χ3n) is 4.22. The molecule has 6 heteroatoms. The second kappa shape index (κ2) is 9.77. The summed E-state index contributed by atoms with van der Waals surface area (Å²) in [6.07, 6.45) is 7.45. The van der Waals surface area contributed by atoms with E-state index in [1.807, 2.05) is 30.3 Å². The van der Waals surface area contributed by atoms with Gasteiger partial charge in [0, 0.05) is 19.2 Å². The number of nitrogens with zero attached hydrogens (tertiary/aromatic N) is 1. The van der Waals surface area contributed by atoms with Gasteiger partial charge in [-0.15, -0.1) is 0 Å². The van der Waals surface area contributed by atoms with Crippen LogP contribution in [-0.4, -0.2) is 30.3 Å². The summed E-state index contributed by atoms with van der Waals surface area (Å²) in [5, 5.41) is 5.63. The zero-order valence-corrected chi connectivity index (χ0v) is 14.8. The fraction of sp³-hybridized carbons (Fsp3) is 0.400. The molecule has 0 aliphatic carbocycles. The van der Waals surface area contributed by atoms with Gasteiger partial charge in [0.25, 0.3) is 0 Å². The first-order valence-electron chi connectivity index (χ1n) is 9.15. The number of benzene rings is 1. The number of aromatic nitrogens is 1. The molecule has 0 radical (unpaired) electrons. The number of unbranched alkanes of at least 4 members (excludes halogenated alkanes) is 1. The van der Waals surface area contributed by atoms with Gasteiger partial charge in [-0.05, 0) is 50.3 Å². The van der Waals surface area contributed by atoms with E-state index >= 15 is 0 Å². The summed E-state index contributed by atoms with van der Waals surface area (Å²) in [6.45, 7) is 1.55. The molecule has 2 amide bonds. The normalized spacial score (nSPS) is 16.2. The molecule has 1 aromatic carbocycles. The number of carbonyl (C=O) groups excluding carboxylic acids is 1. The number of rotatable bonds is 8. The molecule has 1 aromatic heterocycles. The smallest absolute Gasteiger partial charge is 0.319 e. The number of carbonyl (C=O) groups is 1. The molecule has 1 saturated heterocycles. The van der Waals surface area contributed by atoms with E-state index in [1.54, 1.807) is 18.3 Å². The Morgan fingerprint density at radius 1 is 1.19 bits per heavy atom. The Hall–Kier alpha value is -2.60. The number of ether oxygens (including phenoxy) is 2. The summed E-state index contributed by atoms with van der Waals surface area (Å²) in [5.74, 6) is 1.21. The zero-order valence-electron chi connectivity index (χ0n) is 14.8. The fourth-order valence-electron chi connectivity index (χ4n) is 2.87. The standard InChI is InChI=1S/C20H25N3O3/c24-20(21-13-5-4-7-17-10-6-14-25-17)23-16-11-12-19(22-15-16)26-18-8-2-1-3-9-18/h1-3,8-9,11-12,15,17H,4-7,10,13-14H2,(H2,21,23,24)/t17-/m1/s1. The molecule has 1 fully saturated rings. The van der Waals surface area contributed by atoms with Gasteiger partial charge in [0.1, 0.15) is 5.75 Å². The van der Waals surface area contributed by atoms with Crippen LogP contribution in [0.3, 0.4) is 0 Å². The maximum absolute atomic E-state index is 11.9. The number of anilines is 1. The second-order valence-electron chi connectivity index (χ2n) is 6.31. The van der Waals surface area contributed by atoms with E-state index in [0.717, 1.165) is 31.6 Å². The van der Waals surface area contributed by atoms with Gasteiger partial charge in [-0.2, -0.15) is 0 Å². The summed E-state index contributed by atoms with van der Waals surface area (Å²) < 4.78 is 11.2. The van der Waals surface area contributed by atoms with Crippen LogP contribution in [0.2, 0.25) is 0 Å². The molecular weight excluding hydrogens is 330 g/mol. The molecule has 0 bridgehead atoms.